The normalized spacial score (nSPS) is 10.8. The molecule has 0 bridgehead atoms. The average Bonchev–Trinajstić information content (AvgIpc) is 2.70. The van der Waals surface area contributed by atoms with E-state index in [9.17, 15) is 4.79 Å². The Balaban J connectivity index is 2.48. The highest BCUT2D eigenvalue weighted by Crippen LogP contribution is 2.30. The Morgan fingerprint density at radius 2 is 1.90 bits per heavy atom. The van der Waals surface area contributed by atoms with Crippen LogP contribution in [0.15, 0.2) is 24.5 Å². The van der Waals surface area contributed by atoms with Crippen LogP contribution in [0.1, 0.15) is 63.1 Å². The fourth-order valence-electron chi connectivity index (χ4n) is 2.70. The van der Waals surface area contributed by atoms with Crippen LogP contribution in [0.3, 0.4) is 0 Å². The second kappa shape index (κ2) is 10.3. The molecule has 1 heterocycles. The summed E-state index contributed by atoms with van der Waals surface area (Å²) in [7, 11) is 0. The Bertz CT molecular complexity index is 929. The molecule has 2 rings (SSSR count). The van der Waals surface area contributed by atoms with E-state index in [1.54, 1.807) is 39.2 Å². The zero-order valence-electron chi connectivity index (χ0n) is 17.6. The van der Waals surface area contributed by atoms with Crippen molar-refractivity contribution in [3.05, 3.63) is 52.1 Å². The lowest BCUT2D eigenvalue weighted by atomic mass is 9.87. The number of carbonyl (C=O) groups excluding carboxylic acids is 1. The van der Waals surface area contributed by atoms with E-state index in [1.807, 2.05) is 13.0 Å². The Hall–Kier alpha value is -2.58. The topological polar surface area (TPSA) is 61.3 Å². The van der Waals surface area contributed by atoms with Crippen LogP contribution < -0.4 is 4.74 Å². The van der Waals surface area contributed by atoms with Crippen LogP contribution in [0.4, 0.5) is 0 Å². The number of rotatable bonds is 7. The number of carbonyl (C=O) groups is 1. The van der Waals surface area contributed by atoms with Gasteiger partial charge >= 0.3 is 5.97 Å². The van der Waals surface area contributed by atoms with E-state index < -0.39 is 5.41 Å². The van der Waals surface area contributed by atoms with E-state index in [0.29, 0.717) is 40.9 Å². The summed E-state index contributed by atoms with van der Waals surface area (Å²) in [6.07, 6.45) is 5.07. The number of unbranched alkanes of at least 4 members (excludes halogenated alkanes) is 1. The fourth-order valence-corrected chi connectivity index (χ4v) is 2.90. The summed E-state index contributed by atoms with van der Waals surface area (Å²) in [4.78, 5) is 21.1. The number of hydrogen-bond donors (Lipinski definition) is 0. The van der Waals surface area contributed by atoms with Gasteiger partial charge in [0.15, 0.2) is 0 Å². The highest BCUT2D eigenvalue weighted by molar-refractivity contribution is 6.32. The van der Waals surface area contributed by atoms with E-state index in [1.165, 1.54) is 0 Å². The lowest BCUT2D eigenvalue weighted by Crippen LogP contribution is -2.33. The molecule has 5 nitrogen and oxygen atoms in total. The monoisotopic (exact) mass is 414 g/mol. The smallest absolute Gasteiger partial charge is 0.317 e. The molecule has 0 aliphatic rings. The molecule has 0 aliphatic heterocycles. The summed E-state index contributed by atoms with van der Waals surface area (Å²) in [6.45, 7) is 10.2. The first kappa shape index (κ1) is 22.7. The van der Waals surface area contributed by atoms with Gasteiger partial charge in [0.1, 0.15) is 16.9 Å². The molecule has 0 aliphatic carbocycles. The average molecular weight is 415 g/mol. The molecule has 0 amide bonds. The molecule has 6 heteroatoms. The molecule has 0 saturated heterocycles. The zero-order chi connectivity index (χ0) is 21.4. The predicted molar refractivity (Wildman–Crippen MR) is 114 cm³/mol. The van der Waals surface area contributed by atoms with E-state index in [0.717, 1.165) is 18.4 Å². The van der Waals surface area contributed by atoms with Crippen molar-refractivity contribution in [2.24, 2.45) is 0 Å². The third-order valence-corrected chi connectivity index (χ3v) is 4.74. The van der Waals surface area contributed by atoms with Crippen molar-refractivity contribution < 1.29 is 14.3 Å². The Labute approximate surface area is 177 Å². The number of benzene rings is 1. The minimum Gasteiger partial charge on any atom is -0.492 e. The Kier molecular flexibility index (Phi) is 8.04. The van der Waals surface area contributed by atoms with Crippen molar-refractivity contribution in [2.75, 3.05) is 13.2 Å². The van der Waals surface area contributed by atoms with Gasteiger partial charge in [-0.3, -0.25) is 9.78 Å². The number of esters is 1. The number of aromatic nitrogens is 2. The molecule has 29 heavy (non-hydrogen) atoms. The van der Waals surface area contributed by atoms with Gasteiger partial charge in [-0.25, -0.2) is 4.98 Å². The minimum absolute atomic E-state index is 0.293. The molecular formula is C23H27ClN2O3. The van der Waals surface area contributed by atoms with Crippen LogP contribution in [0, 0.1) is 18.8 Å². The van der Waals surface area contributed by atoms with Gasteiger partial charge in [0.2, 0.25) is 0 Å². The molecule has 0 atom stereocenters. The van der Waals surface area contributed by atoms with Gasteiger partial charge in [-0.05, 0) is 51.7 Å². The first-order valence-corrected chi connectivity index (χ1v) is 10.1. The predicted octanol–water partition coefficient (Wildman–Crippen LogP) is 4.86. The van der Waals surface area contributed by atoms with Crippen molar-refractivity contribution in [3.8, 4) is 17.6 Å². The highest BCUT2D eigenvalue weighted by atomic mass is 35.5. The van der Waals surface area contributed by atoms with Gasteiger partial charge in [-0.15, -0.1) is 0 Å². The number of hydrogen-bond acceptors (Lipinski definition) is 5. The van der Waals surface area contributed by atoms with Gasteiger partial charge in [0.05, 0.1) is 29.5 Å². The van der Waals surface area contributed by atoms with E-state index in [2.05, 4.69) is 28.7 Å². The van der Waals surface area contributed by atoms with Crippen LogP contribution in [-0.2, 0) is 14.9 Å². The molecule has 0 spiro atoms. The van der Waals surface area contributed by atoms with Gasteiger partial charge in [0.25, 0.3) is 0 Å². The fraction of sp³-hybridized carbons (Fsp3) is 0.435. The molecule has 2 aromatic rings. The summed E-state index contributed by atoms with van der Waals surface area (Å²) in [5.41, 5.74) is 1.45. The second-order valence-corrected chi connectivity index (χ2v) is 7.53. The van der Waals surface area contributed by atoms with Crippen molar-refractivity contribution in [1.82, 2.24) is 9.97 Å². The largest absolute Gasteiger partial charge is 0.492 e. The van der Waals surface area contributed by atoms with Gasteiger partial charge in [-0.2, -0.15) is 0 Å². The maximum Gasteiger partial charge on any atom is 0.317 e. The summed E-state index contributed by atoms with van der Waals surface area (Å²) >= 11 is 6.41. The molecule has 0 saturated carbocycles. The first-order valence-electron chi connectivity index (χ1n) is 9.75. The summed E-state index contributed by atoms with van der Waals surface area (Å²) < 4.78 is 11.1. The Morgan fingerprint density at radius 3 is 2.59 bits per heavy atom. The van der Waals surface area contributed by atoms with Crippen molar-refractivity contribution in [3.63, 3.8) is 0 Å². The van der Waals surface area contributed by atoms with E-state index in [-0.39, 0.29) is 5.97 Å². The van der Waals surface area contributed by atoms with E-state index >= 15 is 0 Å². The second-order valence-electron chi connectivity index (χ2n) is 7.12. The summed E-state index contributed by atoms with van der Waals surface area (Å²) in [6, 6.07) is 3.71. The minimum atomic E-state index is -0.981. The standard InChI is InChI=1S/C23H27ClN2O3/c1-6-8-15-29-20-16(3)9-11-18(24)17(20)10-12-19-21(26-14-13-25-19)23(4,5)22(27)28-7-2/h9,11,13-14H,6-8,15H2,1-5H3. The first-order chi connectivity index (χ1) is 13.8. The molecular weight excluding hydrogens is 388 g/mol. The van der Waals surface area contributed by atoms with Crippen LogP contribution in [0.5, 0.6) is 5.75 Å². The Morgan fingerprint density at radius 1 is 1.17 bits per heavy atom. The molecule has 0 N–H and O–H groups in total. The van der Waals surface area contributed by atoms with Gasteiger partial charge in [0, 0.05) is 12.4 Å². The third kappa shape index (κ3) is 5.48. The zero-order valence-corrected chi connectivity index (χ0v) is 18.4. The van der Waals surface area contributed by atoms with Crippen LogP contribution in [0.2, 0.25) is 5.02 Å². The summed E-state index contributed by atoms with van der Waals surface area (Å²) in [5, 5.41) is 0.504. The van der Waals surface area contributed by atoms with Crippen LogP contribution in [0.25, 0.3) is 0 Å². The maximum atomic E-state index is 12.4. The SMILES string of the molecule is CCCCOc1c(C)ccc(Cl)c1C#Cc1nccnc1C(C)(C)C(=O)OCC. The molecule has 0 fully saturated rings. The van der Waals surface area contributed by atoms with Gasteiger partial charge in [-0.1, -0.05) is 36.9 Å². The number of halogens is 1. The quantitative estimate of drug-likeness (QED) is 0.368. The molecule has 0 unspecified atom stereocenters. The van der Waals surface area contributed by atoms with Crippen molar-refractivity contribution >= 4 is 17.6 Å². The van der Waals surface area contributed by atoms with Crippen molar-refractivity contribution in [2.45, 2.75) is 52.9 Å². The lowest BCUT2D eigenvalue weighted by molar-refractivity contribution is -0.149. The summed E-state index contributed by atoms with van der Waals surface area (Å²) in [5.74, 6) is 6.42. The lowest BCUT2D eigenvalue weighted by Gasteiger charge is -2.22. The molecule has 1 aromatic carbocycles. The highest BCUT2D eigenvalue weighted by Gasteiger charge is 2.35. The van der Waals surface area contributed by atoms with Gasteiger partial charge < -0.3 is 9.47 Å². The number of nitrogens with zero attached hydrogens (tertiary/aromatic N) is 2. The molecule has 1 aromatic heterocycles. The van der Waals surface area contributed by atoms with E-state index in [4.69, 9.17) is 21.1 Å². The maximum absolute atomic E-state index is 12.4. The number of ether oxygens (including phenoxy) is 2. The molecule has 0 radical (unpaired) electrons. The van der Waals surface area contributed by atoms with Crippen LogP contribution >= 0.6 is 11.6 Å². The number of aryl methyl sites for hydroxylation is 1. The molecule has 154 valence electrons. The van der Waals surface area contributed by atoms with Crippen LogP contribution in [-0.4, -0.2) is 29.2 Å². The third-order valence-electron chi connectivity index (χ3n) is 4.43. The van der Waals surface area contributed by atoms with Crippen molar-refractivity contribution in [1.29, 1.82) is 0 Å².